The molecular weight excluding hydrogens is 396 g/mol. The molecule has 2 unspecified atom stereocenters. The summed E-state index contributed by atoms with van der Waals surface area (Å²) in [5.41, 5.74) is 0. The average molecular weight is 427 g/mol. The molecular formula is C24H30N2O3S. The lowest BCUT2D eigenvalue weighted by molar-refractivity contribution is -0.128. The Morgan fingerprint density at radius 2 is 1.77 bits per heavy atom. The Bertz CT molecular complexity index is 874. The molecule has 0 radical (unpaired) electrons. The van der Waals surface area contributed by atoms with Crippen LogP contribution in [0.15, 0.2) is 42.5 Å². The van der Waals surface area contributed by atoms with Crippen LogP contribution in [0.5, 0.6) is 5.75 Å². The van der Waals surface area contributed by atoms with Crippen molar-refractivity contribution in [3.8, 4) is 5.75 Å². The standard InChI is InChI=1S/C24H30N2O3S/c1-17-8-9-23(30-17)24(28)25-12-10-19(11-13-25)22-15-26(18(2)27)14-20(22)16-29-21-6-4-3-5-7-21/h3-9,19-20,22H,10-16H2,1-2H3. The van der Waals surface area contributed by atoms with Crippen molar-refractivity contribution < 1.29 is 14.3 Å². The maximum absolute atomic E-state index is 12.8. The Morgan fingerprint density at radius 3 is 2.40 bits per heavy atom. The third-order valence-electron chi connectivity index (χ3n) is 6.53. The number of hydrogen-bond donors (Lipinski definition) is 0. The van der Waals surface area contributed by atoms with E-state index in [0.717, 1.165) is 49.6 Å². The summed E-state index contributed by atoms with van der Waals surface area (Å²) in [6, 6.07) is 13.8. The summed E-state index contributed by atoms with van der Waals surface area (Å²) in [4.78, 5) is 30.8. The minimum atomic E-state index is 0.142. The first-order chi connectivity index (χ1) is 14.5. The van der Waals surface area contributed by atoms with Crippen LogP contribution in [-0.4, -0.2) is 54.4 Å². The predicted molar refractivity (Wildman–Crippen MR) is 119 cm³/mol. The van der Waals surface area contributed by atoms with Gasteiger partial charge in [0.25, 0.3) is 5.91 Å². The predicted octanol–water partition coefficient (Wildman–Crippen LogP) is 4.08. The van der Waals surface area contributed by atoms with Crippen LogP contribution in [-0.2, 0) is 4.79 Å². The fourth-order valence-corrected chi connectivity index (χ4v) is 5.66. The van der Waals surface area contributed by atoms with Crippen LogP contribution < -0.4 is 4.74 Å². The van der Waals surface area contributed by atoms with E-state index >= 15 is 0 Å². The molecule has 4 rings (SSSR count). The zero-order valence-electron chi connectivity index (χ0n) is 17.8. The maximum Gasteiger partial charge on any atom is 0.263 e. The van der Waals surface area contributed by atoms with Gasteiger partial charge in [0.15, 0.2) is 0 Å². The molecule has 0 saturated carbocycles. The molecule has 0 bridgehead atoms. The Balaban J connectivity index is 1.37. The molecule has 2 fully saturated rings. The van der Waals surface area contributed by atoms with Crippen molar-refractivity contribution in [3.05, 3.63) is 52.2 Å². The van der Waals surface area contributed by atoms with Gasteiger partial charge in [0, 0.05) is 43.9 Å². The monoisotopic (exact) mass is 426 g/mol. The average Bonchev–Trinajstić information content (AvgIpc) is 3.39. The molecule has 0 spiro atoms. The van der Waals surface area contributed by atoms with Gasteiger partial charge in [-0.3, -0.25) is 9.59 Å². The highest BCUT2D eigenvalue weighted by Gasteiger charge is 2.40. The maximum atomic E-state index is 12.8. The van der Waals surface area contributed by atoms with Gasteiger partial charge in [0.2, 0.25) is 5.91 Å². The number of nitrogens with zero attached hydrogens (tertiary/aromatic N) is 2. The largest absolute Gasteiger partial charge is 0.493 e. The number of thiophene rings is 1. The van der Waals surface area contributed by atoms with Crippen LogP contribution in [0.2, 0.25) is 0 Å². The molecule has 2 atom stereocenters. The molecule has 0 aliphatic carbocycles. The van der Waals surface area contributed by atoms with Gasteiger partial charge in [0.05, 0.1) is 11.5 Å². The Hall–Kier alpha value is -2.34. The number of carbonyl (C=O) groups is 2. The summed E-state index contributed by atoms with van der Waals surface area (Å²) in [7, 11) is 0. The Labute approximate surface area is 182 Å². The highest BCUT2D eigenvalue weighted by molar-refractivity contribution is 7.13. The highest BCUT2D eigenvalue weighted by atomic mass is 32.1. The number of aryl methyl sites for hydroxylation is 1. The molecule has 2 aliphatic rings. The van der Waals surface area contributed by atoms with Crippen molar-refractivity contribution >= 4 is 23.2 Å². The second kappa shape index (κ2) is 9.21. The Kier molecular flexibility index (Phi) is 6.42. The van der Waals surface area contributed by atoms with Gasteiger partial charge in [0.1, 0.15) is 5.75 Å². The van der Waals surface area contributed by atoms with Gasteiger partial charge >= 0.3 is 0 Å². The normalized spacial score (nSPS) is 22.3. The van der Waals surface area contributed by atoms with Gasteiger partial charge in [-0.15, -0.1) is 11.3 Å². The summed E-state index contributed by atoms with van der Waals surface area (Å²) >= 11 is 1.57. The van der Waals surface area contributed by atoms with E-state index in [1.165, 1.54) is 4.88 Å². The number of likely N-dealkylation sites (tertiary alicyclic amines) is 2. The molecule has 30 heavy (non-hydrogen) atoms. The quantitative estimate of drug-likeness (QED) is 0.724. The molecule has 160 valence electrons. The van der Waals surface area contributed by atoms with Gasteiger partial charge in [-0.2, -0.15) is 0 Å². The molecule has 2 aromatic rings. The smallest absolute Gasteiger partial charge is 0.263 e. The minimum Gasteiger partial charge on any atom is -0.493 e. The van der Waals surface area contributed by atoms with E-state index in [0.29, 0.717) is 24.4 Å². The lowest BCUT2D eigenvalue weighted by Gasteiger charge is -2.36. The van der Waals surface area contributed by atoms with E-state index in [9.17, 15) is 9.59 Å². The number of rotatable bonds is 5. The fourth-order valence-electron chi connectivity index (χ4n) is 4.82. The Morgan fingerprint density at radius 1 is 1.03 bits per heavy atom. The first kappa shape index (κ1) is 20.9. The van der Waals surface area contributed by atoms with Crippen LogP contribution in [0.4, 0.5) is 0 Å². The van der Waals surface area contributed by atoms with Crippen LogP contribution in [0.3, 0.4) is 0 Å². The van der Waals surface area contributed by atoms with Gasteiger partial charge in [-0.05, 0) is 55.9 Å². The number of carbonyl (C=O) groups excluding carboxylic acids is 2. The SMILES string of the molecule is CC(=O)N1CC(COc2ccccc2)C(C2CCN(C(=O)c3ccc(C)s3)CC2)C1. The summed E-state index contributed by atoms with van der Waals surface area (Å²) in [5, 5.41) is 0. The van der Waals surface area contributed by atoms with Crippen LogP contribution in [0, 0.1) is 24.7 Å². The van der Waals surface area contributed by atoms with Crippen LogP contribution in [0.1, 0.15) is 34.3 Å². The summed E-state index contributed by atoms with van der Waals surface area (Å²) in [6.07, 6.45) is 1.99. The van der Waals surface area contributed by atoms with Crippen molar-refractivity contribution in [2.24, 2.45) is 17.8 Å². The number of hydrogen-bond acceptors (Lipinski definition) is 4. The molecule has 0 N–H and O–H groups in total. The minimum absolute atomic E-state index is 0.142. The van der Waals surface area contributed by atoms with Crippen molar-refractivity contribution in [1.29, 1.82) is 0 Å². The third kappa shape index (κ3) is 4.69. The van der Waals surface area contributed by atoms with Crippen LogP contribution in [0.25, 0.3) is 0 Å². The summed E-state index contributed by atoms with van der Waals surface area (Å²) in [5.74, 6) is 2.47. The van der Waals surface area contributed by atoms with Gasteiger partial charge in [-0.1, -0.05) is 18.2 Å². The molecule has 2 aliphatic heterocycles. The van der Waals surface area contributed by atoms with E-state index < -0.39 is 0 Å². The van der Waals surface area contributed by atoms with E-state index in [-0.39, 0.29) is 11.8 Å². The number of piperidine rings is 1. The second-order valence-corrected chi connectivity index (χ2v) is 9.80. The first-order valence-corrected chi connectivity index (χ1v) is 11.6. The van der Waals surface area contributed by atoms with E-state index in [1.807, 2.05) is 59.2 Å². The molecule has 1 aromatic carbocycles. The number of ether oxygens (including phenoxy) is 1. The van der Waals surface area contributed by atoms with E-state index in [1.54, 1.807) is 18.3 Å². The fraction of sp³-hybridized carbons (Fsp3) is 0.500. The highest BCUT2D eigenvalue weighted by Crippen LogP contribution is 2.36. The van der Waals surface area contributed by atoms with E-state index in [2.05, 4.69) is 0 Å². The first-order valence-electron chi connectivity index (χ1n) is 10.8. The van der Waals surface area contributed by atoms with Crippen LogP contribution >= 0.6 is 11.3 Å². The lowest BCUT2D eigenvalue weighted by atomic mass is 9.78. The number of amides is 2. The molecule has 2 amide bonds. The molecule has 3 heterocycles. The molecule has 5 nitrogen and oxygen atoms in total. The summed E-state index contributed by atoms with van der Waals surface area (Å²) < 4.78 is 6.06. The number of para-hydroxylation sites is 1. The number of benzene rings is 1. The molecule has 6 heteroatoms. The third-order valence-corrected chi connectivity index (χ3v) is 7.52. The van der Waals surface area contributed by atoms with E-state index in [4.69, 9.17) is 4.74 Å². The zero-order valence-corrected chi connectivity index (χ0v) is 18.6. The molecule has 2 saturated heterocycles. The van der Waals surface area contributed by atoms with Gasteiger partial charge in [-0.25, -0.2) is 0 Å². The molecule has 1 aromatic heterocycles. The zero-order chi connectivity index (χ0) is 21.1. The van der Waals surface area contributed by atoms with Crippen molar-refractivity contribution in [2.75, 3.05) is 32.8 Å². The second-order valence-electron chi connectivity index (χ2n) is 8.51. The lowest BCUT2D eigenvalue weighted by Crippen LogP contribution is -2.41. The van der Waals surface area contributed by atoms with Crippen molar-refractivity contribution in [1.82, 2.24) is 9.80 Å². The summed E-state index contributed by atoms with van der Waals surface area (Å²) in [6.45, 7) is 7.48. The topological polar surface area (TPSA) is 49.9 Å². The van der Waals surface area contributed by atoms with Gasteiger partial charge < -0.3 is 14.5 Å². The van der Waals surface area contributed by atoms with Crippen molar-refractivity contribution in [3.63, 3.8) is 0 Å². The van der Waals surface area contributed by atoms with Crippen molar-refractivity contribution in [2.45, 2.75) is 26.7 Å².